The van der Waals surface area contributed by atoms with Crippen LogP contribution in [0.25, 0.3) is 0 Å². The van der Waals surface area contributed by atoms with Gasteiger partial charge in [0.2, 0.25) is 0 Å². The zero-order chi connectivity index (χ0) is 8.27. The Morgan fingerprint density at radius 1 is 1.82 bits per heavy atom. The number of nitrogens with two attached hydrogens (primary N) is 1. The average molecular weight is 158 g/mol. The number of nitrogens with zero attached hydrogens (tertiary/aromatic N) is 1. The predicted octanol–water partition coefficient (Wildman–Crippen LogP) is -0.808. The van der Waals surface area contributed by atoms with E-state index in [0.717, 1.165) is 6.54 Å². The summed E-state index contributed by atoms with van der Waals surface area (Å²) in [7, 11) is 0. The molecule has 1 saturated heterocycles. The topological polar surface area (TPSA) is 55.6 Å². The van der Waals surface area contributed by atoms with Crippen molar-refractivity contribution in [3.8, 4) is 0 Å². The first-order chi connectivity index (χ1) is 5.24. The van der Waals surface area contributed by atoms with Gasteiger partial charge in [0.1, 0.15) is 6.61 Å². The molecule has 0 aliphatic carbocycles. The molecule has 4 nitrogen and oxygen atoms in total. The molecule has 1 unspecified atom stereocenters. The summed E-state index contributed by atoms with van der Waals surface area (Å²) in [5.74, 6) is -0.142. The van der Waals surface area contributed by atoms with Crippen LogP contribution in [0.2, 0.25) is 0 Å². The molecule has 4 heteroatoms. The molecule has 0 aromatic heterocycles. The molecule has 1 heterocycles. The lowest BCUT2D eigenvalue weighted by Crippen LogP contribution is -2.47. The van der Waals surface area contributed by atoms with Crippen LogP contribution in [0.1, 0.15) is 6.92 Å². The van der Waals surface area contributed by atoms with Gasteiger partial charge in [-0.3, -0.25) is 9.69 Å². The predicted molar refractivity (Wildman–Crippen MR) is 41.0 cm³/mol. The van der Waals surface area contributed by atoms with Gasteiger partial charge in [0, 0.05) is 19.1 Å². The van der Waals surface area contributed by atoms with E-state index < -0.39 is 0 Å². The Balaban J connectivity index is 2.39. The molecule has 1 rings (SSSR count). The van der Waals surface area contributed by atoms with Crippen molar-refractivity contribution in [2.45, 2.75) is 13.0 Å². The molecule has 0 aromatic rings. The average Bonchev–Trinajstić information content (AvgIpc) is 2.03. The molecule has 0 radical (unpaired) electrons. The smallest absolute Gasteiger partial charge is 0.320 e. The van der Waals surface area contributed by atoms with Crippen molar-refractivity contribution in [2.75, 3.05) is 26.2 Å². The number of esters is 1. The molecular weight excluding hydrogens is 144 g/mol. The Morgan fingerprint density at radius 2 is 2.55 bits per heavy atom. The largest absolute Gasteiger partial charge is 0.463 e. The fraction of sp³-hybridized carbons (Fsp3) is 0.857. The summed E-state index contributed by atoms with van der Waals surface area (Å²) in [6, 6.07) is 0.280. The van der Waals surface area contributed by atoms with Crippen LogP contribution >= 0.6 is 0 Å². The van der Waals surface area contributed by atoms with Gasteiger partial charge >= 0.3 is 5.97 Å². The van der Waals surface area contributed by atoms with Crippen molar-refractivity contribution in [1.29, 1.82) is 0 Å². The van der Waals surface area contributed by atoms with E-state index in [2.05, 4.69) is 0 Å². The molecule has 1 fully saturated rings. The second-order valence-electron chi connectivity index (χ2n) is 2.78. The highest BCUT2D eigenvalue weighted by Crippen LogP contribution is 2.02. The Hall–Kier alpha value is -0.610. The Labute approximate surface area is 66.3 Å². The maximum Gasteiger partial charge on any atom is 0.320 e. The summed E-state index contributed by atoms with van der Waals surface area (Å²) in [5.41, 5.74) is 5.45. The number of hydrogen-bond donors (Lipinski definition) is 1. The Morgan fingerprint density at radius 3 is 3.09 bits per heavy atom. The van der Waals surface area contributed by atoms with Gasteiger partial charge in [0.05, 0.1) is 6.54 Å². The van der Waals surface area contributed by atoms with E-state index in [1.54, 1.807) is 0 Å². The normalized spacial score (nSPS) is 22.9. The molecule has 0 bridgehead atoms. The molecule has 2 N–H and O–H groups in total. The maximum absolute atomic E-state index is 10.8. The van der Waals surface area contributed by atoms with Crippen LogP contribution in [-0.4, -0.2) is 43.2 Å². The monoisotopic (exact) mass is 158 g/mol. The van der Waals surface area contributed by atoms with Gasteiger partial charge in [-0.25, -0.2) is 0 Å². The third kappa shape index (κ3) is 2.17. The summed E-state index contributed by atoms with van der Waals surface area (Å²) in [6.07, 6.45) is 0. The van der Waals surface area contributed by atoms with Crippen LogP contribution in [0.3, 0.4) is 0 Å². The summed E-state index contributed by atoms with van der Waals surface area (Å²) < 4.78 is 4.78. The lowest BCUT2D eigenvalue weighted by Gasteiger charge is -2.30. The summed E-state index contributed by atoms with van der Waals surface area (Å²) in [4.78, 5) is 12.8. The first-order valence-electron chi connectivity index (χ1n) is 3.83. The molecule has 0 spiro atoms. The van der Waals surface area contributed by atoms with Gasteiger partial charge in [-0.05, 0) is 6.92 Å². The first-order valence-corrected chi connectivity index (χ1v) is 3.83. The minimum Gasteiger partial charge on any atom is -0.463 e. The van der Waals surface area contributed by atoms with Crippen molar-refractivity contribution in [3.05, 3.63) is 0 Å². The molecule has 11 heavy (non-hydrogen) atoms. The third-order valence-electron chi connectivity index (χ3n) is 1.94. The second-order valence-corrected chi connectivity index (χ2v) is 2.78. The van der Waals surface area contributed by atoms with E-state index in [9.17, 15) is 4.79 Å². The van der Waals surface area contributed by atoms with Gasteiger partial charge in [-0.15, -0.1) is 0 Å². The molecule has 0 amide bonds. The minimum absolute atomic E-state index is 0.142. The van der Waals surface area contributed by atoms with E-state index in [1.807, 2.05) is 11.8 Å². The van der Waals surface area contributed by atoms with Crippen LogP contribution in [0.5, 0.6) is 0 Å². The van der Waals surface area contributed by atoms with E-state index in [4.69, 9.17) is 10.5 Å². The van der Waals surface area contributed by atoms with E-state index in [1.165, 1.54) is 0 Å². The Bertz CT molecular complexity index is 149. The molecule has 1 aliphatic heterocycles. The van der Waals surface area contributed by atoms with Crippen LogP contribution in [0.15, 0.2) is 0 Å². The lowest BCUT2D eigenvalue weighted by atomic mass is 10.2. The van der Waals surface area contributed by atoms with Crippen LogP contribution in [-0.2, 0) is 9.53 Å². The van der Waals surface area contributed by atoms with Gasteiger partial charge < -0.3 is 10.5 Å². The SMILES string of the molecule is CC(CN)N1CCOC(=O)C1. The molecule has 0 saturated carbocycles. The zero-order valence-electron chi connectivity index (χ0n) is 6.75. The molecular formula is C7H14N2O2. The number of rotatable bonds is 2. The summed E-state index contributed by atoms with van der Waals surface area (Å²) in [5, 5.41) is 0. The number of morpholine rings is 1. The number of ether oxygens (including phenoxy) is 1. The molecule has 1 atom stereocenters. The highest BCUT2D eigenvalue weighted by atomic mass is 16.5. The fourth-order valence-electron chi connectivity index (χ4n) is 1.09. The van der Waals surface area contributed by atoms with Crippen LogP contribution in [0.4, 0.5) is 0 Å². The maximum atomic E-state index is 10.8. The zero-order valence-corrected chi connectivity index (χ0v) is 6.75. The van der Waals surface area contributed by atoms with E-state index >= 15 is 0 Å². The highest BCUT2D eigenvalue weighted by molar-refractivity contribution is 5.72. The van der Waals surface area contributed by atoms with Gasteiger partial charge in [0.15, 0.2) is 0 Å². The fourth-order valence-corrected chi connectivity index (χ4v) is 1.09. The van der Waals surface area contributed by atoms with Crippen LogP contribution in [0, 0.1) is 0 Å². The second kappa shape index (κ2) is 3.69. The lowest BCUT2D eigenvalue weighted by molar-refractivity contribution is -0.151. The number of carbonyl (C=O) groups excluding carboxylic acids is 1. The molecule has 0 aromatic carbocycles. The summed E-state index contributed by atoms with van der Waals surface area (Å²) >= 11 is 0. The number of carbonyl (C=O) groups is 1. The van der Waals surface area contributed by atoms with Gasteiger partial charge in [-0.1, -0.05) is 0 Å². The number of hydrogen-bond acceptors (Lipinski definition) is 4. The van der Waals surface area contributed by atoms with Crippen molar-refractivity contribution >= 4 is 5.97 Å². The first kappa shape index (κ1) is 8.49. The molecule has 64 valence electrons. The van der Waals surface area contributed by atoms with Crippen molar-refractivity contribution in [1.82, 2.24) is 4.90 Å². The van der Waals surface area contributed by atoms with E-state index in [-0.39, 0.29) is 12.0 Å². The van der Waals surface area contributed by atoms with Gasteiger partial charge in [-0.2, -0.15) is 0 Å². The van der Waals surface area contributed by atoms with Crippen molar-refractivity contribution in [3.63, 3.8) is 0 Å². The highest BCUT2D eigenvalue weighted by Gasteiger charge is 2.21. The Kier molecular flexibility index (Phi) is 2.84. The van der Waals surface area contributed by atoms with Crippen LogP contribution < -0.4 is 5.73 Å². The van der Waals surface area contributed by atoms with E-state index in [0.29, 0.717) is 19.7 Å². The standard InChI is InChI=1S/C7H14N2O2/c1-6(4-8)9-2-3-11-7(10)5-9/h6H,2-5,8H2,1H3. The number of cyclic esters (lactones) is 1. The molecule has 1 aliphatic rings. The minimum atomic E-state index is -0.142. The van der Waals surface area contributed by atoms with Gasteiger partial charge in [0.25, 0.3) is 0 Å². The third-order valence-corrected chi connectivity index (χ3v) is 1.94. The quantitative estimate of drug-likeness (QED) is 0.534. The summed E-state index contributed by atoms with van der Waals surface area (Å²) in [6.45, 7) is 4.30. The van der Waals surface area contributed by atoms with Crippen molar-refractivity contribution in [2.24, 2.45) is 5.73 Å². The van der Waals surface area contributed by atoms with Crippen molar-refractivity contribution < 1.29 is 9.53 Å².